The van der Waals surface area contributed by atoms with Crippen molar-refractivity contribution >= 4 is 18.3 Å². The topological polar surface area (TPSA) is 41.6 Å². The second-order valence-corrected chi connectivity index (χ2v) is 5.75. The zero-order valence-electron chi connectivity index (χ0n) is 13.8. The van der Waals surface area contributed by atoms with Crippen LogP contribution < -0.4 is 10.1 Å². The summed E-state index contributed by atoms with van der Waals surface area (Å²) in [6.45, 7) is 6.88. The van der Waals surface area contributed by atoms with Crippen molar-refractivity contribution in [2.75, 3.05) is 33.3 Å². The Balaban J connectivity index is 0.00000264. The number of halogens is 1. The van der Waals surface area contributed by atoms with Gasteiger partial charge in [0.2, 0.25) is 0 Å². The van der Waals surface area contributed by atoms with Gasteiger partial charge in [0.15, 0.2) is 0 Å². The molecule has 0 radical (unpaired) electrons. The Morgan fingerprint density at radius 3 is 2.57 bits per heavy atom. The van der Waals surface area contributed by atoms with Crippen molar-refractivity contribution in [3.8, 4) is 5.75 Å². The van der Waals surface area contributed by atoms with Gasteiger partial charge in [-0.15, -0.1) is 12.4 Å². The number of nitrogens with one attached hydrogen (secondary N) is 1. The average Bonchev–Trinajstić information content (AvgIpc) is 2.58. The lowest BCUT2D eigenvalue weighted by Crippen LogP contribution is -2.38. The number of hydrogen-bond donors (Lipinski definition) is 1. The van der Waals surface area contributed by atoms with Crippen molar-refractivity contribution in [2.45, 2.75) is 19.3 Å². The summed E-state index contributed by atoms with van der Waals surface area (Å²) in [5.41, 5.74) is 0.736. The fourth-order valence-electron chi connectivity index (χ4n) is 2.80. The Morgan fingerprint density at radius 1 is 1.35 bits per heavy atom. The maximum atomic E-state index is 12.5. The van der Waals surface area contributed by atoms with E-state index in [-0.39, 0.29) is 18.3 Å². The number of rotatable bonds is 7. The van der Waals surface area contributed by atoms with Crippen molar-refractivity contribution in [3.63, 3.8) is 0 Å². The summed E-state index contributed by atoms with van der Waals surface area (Å²) in [4.78, 5) is 14.5. The van der Waals surface area contributed by atoms with Crippen LogP contribution in [0.25, 0.3) is 0 Å². The lowest BCUT2D eigenvalue weighted by Gasteiger charge is -2.32. The summed E-state index contributed by atoms with van der Waals surface area (Å²) < 4.78 is 5.44. The van der Waals surface area contributed by atoms with Gasteiger partial charge in [0.1, 0.15) is 12.4 Å². The Kier molecular flexibility index (Phi) is 8.74. The van der Waals surface area contributed by atoms with Gasteiger partial charge in [0, 0.05) is 18.7 Å². The Labute approximate surface area is 145 Å². The van der Waals surface area contributed by atoms with Crippen LogP contribution in [0.5, 0.6) is 5.75 Å². The van der Waals surface area contributed by atoms with Gasteiger partial charge in [-0.2, -0.15) is 0 Å². The number of piperidine rings is 1. The molecule has 0 atom stereocenters. The van der Waals surface area contributed by atoms with E-state index in [0.29, 0.717) is 6.61 Å². The molecule has 0 spiro atoms. The second-order valence-electron chi connectivity index (χ2n) is 5.75. The lowest BCUT2D eigenvalue weighted by molar-refractivity contribution is 0.0687. The highest BCUT2D eigenvalue weighted by molar-refractivity contribution is 5.94. The molecule has 0 bridgehead atoms. The van der Waals surface area contributed by atoms with Crippen LogP contribution in [0.2, 0.25) is 0 Å². The number of benzene rings is 1. The Bertz CT molecular complexity index is 482. The summed E-state index contributed by atoms with van der Waals surface area (Å²) in [5.74, 6) is 1.63. The number of likely N-dealkylation sites (tertiary alicyclic amines) is 1. The molecule has 1 fully saturated rings. The maximum absolute atomic E-state index is 12.5. The van der Waals surface area contributed by atoms with Crippen LogP contribution in [-0.4, -0.2) is 44.1 Å². The van der Waals surface area contributed by atoms with E-state index in [0.717, 1.165) is 49.7 Å². The van der Waals surface area contributed by atoms with Crippen LogP contribution in [0.4, 0.5) is 0 Å². The second kappa shape index (κ2) is 10.3. The first-order valence-electron chi connectivity index (χ1n) is 8.02. The maximum Gasteiger partial charge on any atom is 0.253 e. The monoisotopic (exact) mass is 338 g/mol. The van der Waals surface area contributed by atoms with E-state index >= 15 is 0 Å². The van der Waals surface area contributed by atoms with Gasteiger partial charge < -0.3 is 15.0 Å². The standard InChI is InChI=1S/C18H26N2O2.ClH/c1-3-14-22-17-6-4-16(5-7-17)18(21)20-12-9-15(10-13-20)8-11-19-2;/h3-7,15,19H,1,8-14H2,2H3;1H. The van der Waals surface area contributed by atoms with E-state index in [4.69, 9.17) is 4.74 Å². The summed E-state index contributed by atoms with van der Waals surface area (Å²) >= 11 is 0. The van der Waals surface area contributed by atoms with Crippen LogP contribution in [0.1, 0.15) is 29.6 Å². The minimum absolute atomic E-state index is 0. The molecular formula is C18H27ClN2O2. The van der Waals surface area contributed by atoms with E-state index in [1.807, 2.05) is 36.2 Å². The van der Waals surface area contributed by atoms with Crippen LogP contribution in [0, 0.1) is 5.92 Å². The molecule has 1 aliphatic rings. The van der Waals surface area contributed by atoms with Crippen molar-refractivity contribution < 1.29 is 9.53 Å². The molecule has 2 rings (SSSR count). The van der Waals surface area contributed by atoms with E-state index in [1.165, 1.54) is 6.42 Å². The first-order chi connectivity index (χ1) is 10.7. The highest BCUT2D eigenvalue weighted by Crippen LogP contribution is 2.22. The Morgan fingerprint density at radius 2 is 2.00 bits per heavy atom. The van der Waals surface area contributed by atoms with Crippen LogP contribution in [-0.2, 0) is 0 Å². The van der Waals surface area contributed by atoms with Gasteiger partial charge in [0.05, 0.1) is 0 Å². The van der Waals surface area contributed by atoms with Crippen LogP contribution in [0.15, 0.2) is 36.9 Å². The Hall–Kier alpha value is -1.52. The highest BCUT2D eigenvalue weighted by atomic mass is 35.5. The largest absolute Gasteiger partial charge is 0.490 e. The van der Waals surface area contributed by atoms with Crippen molar-refractivity contribution in [1.82, 2.24) is 10.2 Å². The van der Waals surface area contributed by atoms with E-state index in [9.17, 15) is 4.79 Å². The van der Waals surface area contributed by atoms with Crippen molar-refractivity contribution in [3.05, 3.63) is 42.5 Å². The molecule has 0 aliphatic carbocycles. The number of hydrogen-bond acceptors (Lipinski definition) is 3. The first-order valence-corrected chi connectivity index (χ1v) is 8.02. The molecule has 1 N–H and O–H groups in total. The first kappa shape index (κ1) is 19.5. The predicted octanol–water partition coefficient (Wildman–Crippen LogP) is 3.13. The van der Waals surface area contributed by atoms with Gasteiger partial charge in [-0.25, -0.2) is 0 Å². The minimum Gasteiger partial charge on any atom is -0.490 e. The average molecular weight is 339 g/mol. The number of nitrogens with zero attached hydrogens (tertiary/aromatic N) is 1. The fourth-order valence-corrected chi connectivity index (χ4v) is 2.80. The summed E-state index contributed by atoms with van der Waals surface area (Å²) in [6, 6.07) is 7.37. The third-order valence-corrected chi connectivity index (χ3v) is 4.17. The molecular weight excluding hydrogens is 312 g/mol. The lowest BCUT2D eigenvalue weighted by atomic mass is 9.93. The van der Waals surface area contributed by atoms with Gasteiger partial charge >= 0.3 is 0 Å². The minimum atomic E-state index is 0. The molecule has 5 heteroatoms. The number of ether oxygens (including phenoxy) is 1. The number of amides is 1. The quantitative estimate of drug-likeness (QED) is 0.777. The molecule has 1 aliphatic heterocycles. The normalized spacial score (nSPS) is 14.9. The van der Waals surface area contributed by atoms with E-state index in [2.05, 4.69) is 11.9 Å². The fraction of sp³-hybridized carbons (Fsp3) is 0.500. The van der Waals surface area contributed by atoms with Crippen molar-refractivity contribution in [2.24, 2.45) is 5.92 Å². The molecule has 1 heterocycles. The molecule has 1 saturated heterocycles. The molecule has 128 valence electrons. The molecule has 0 saturated carbocycles. The predicted molar refractivity (Wildman–Crippen MR) is 96.6 cm³/mol. The zero-order chi connectivity index (χ0) is 15.8. The third-order valence-electron chi connectivity index (χ3n) is 4.17. The summed E-state index contributed by atoms with van der Waals surface area (Å²) in [5, 5.41) is 3.20. The van der Waals surface area contributed by atoms with Gasteiger partial charge in [-0.05, 0) is 63.0 Å². The number of carbonyl (C=O) groups is 1. The molecule has 1 aromatic carbocycles. The van der Waals surface area contributed by atoms with Gasteiger partial charge in [-0.3, -0.25) is 4.79 Å². The molecule has 23 heavy (non-hydrogen) atoms. The zero-order valence-corrected chi connectivity index (χ0v) is 14.6. The highest BCUT2D eigenvalue weighted by Gasteiger charge is 2.23. The number of carbonyl (C=O) groups excluding carboxylic acids is 1. The van der Waals surface area contributed by atoms with Crippen LogP contribution in [0.3, 0.4) is 0 Å². The molecule has 4 nitrogen and oxygen atoms in total. The van der Waals surface area contributed by atoms with Gasteiger partial charge in [0.25, 0.3) is 5.91 Å². The third kappa shape index (κ3) is 5.88. The molecule has 1 aromatic rings. The van der Waals surface area contributed by atoms with Crippen molar-refractivity contribution in [1.29, 1.82) is 0 Å². The summed E-state index contributed by atoms with van der Waals surface area (Å²) in [7, 11) is 1.99. The van der Waals surface area contributed by atoms with E-state index in [1.54, 1.807) is 6.08 Å². The smallest absolute Gasteiger partial charge is 0.253 e. The summed E-state index contributed by atoms with van der Waals surface area (Å²) in [6.07, 6.45) is 5.12. The molecule has 0 aromatic heterocycles. The molecule has 1 amide bonds. The van der Waals surface area contributed by atoms with Gasteiger partial charge in [-0.1, -0.05) is 12.7 Å². The molecule has 0 unspecified atom stereocenters. The van der Waals surface area contributed by atoms with E-state index < -0.39 is 0 Å². The van der Waals surface area contributed by atoms with Crippen LogP contribution >= 0.6 is 12.4 Å². The SMILES string of the molecule is C=CCOc1ccc(C(=O)N2CCC(CCNC)CC2)cc1.Cl.